The molecule has 0 spiro atoms. The Labute approximate surface area is 331 Å². The number of carbonyl (C=O) groups excluding carboxylic acids is 6. The van der Waals surface area contributed by atoms with Crippen molar-refractivity contribution in [1.82, 2.24) is 5.32 Å². The van der Waals surface area contributed by atoms with E-state index in [1.54, 1.807) is 0 Å². The van der Waals surface area contributed by atoms with Crippen LogP contribution in [0.3, 0.4) is 0 Å². The van der Waals surface area contributed by atoms with Crippen molar-refractivity contribution in [3.05, 3.63) is 0 Å². The predicted octanol–water partition coefficient (Wildman–Crippen LogP) is 7.73. The van der Waals surface area contributed by atoms with Crippen molar-refractivity contribution in [1.29, 1.82) is 0 Å². The van der Waals surface area contributed by atoms with Gasteiger partial charge in [0.1, 0.15) is 13.2 Å². The first kappa shape index (κ1) is 51.8. The fourth-order valence-electron chi connectivity index (χ4n) is 5.69. The lowest BCUT2D eigenvalue weighted by Crippen LogP contribution is -2.28. The number of ether oxygens (including phenoxy) is 6. The van der Waals surface area contributed by atoms with E-state index in [0.717, 1.165) is 96.3 Å². The molecular weight excluding hydrogens is 710 g/mol. The summed E-state index contributed by atoms with van der Waals surface area (Å²) in [5.41, 5.74) is 0. The van der Waals surface area contributed by atoms with Gasteiger partial charge in [-0.25, -0.2) is 0 Å². The Bertz CT molecular complexity index is 960. The molecule has 1 unspecified atom stereocenters. The molecule has 0 amide bonds. The smallest absolute Gasteiger partial charge is 0.306 e. The maximum atomic E-state index is 12.6. The number of unbranched alkanes of at least 4 members (excludes halogenated alkanes) is 15. The molecule has 1 N–H and O–H groups in total. The van der Waals surface area contributed by atoms with E-state index in [1.165, 1.54) is 19.3 Å². The minimum Gasteiger partial charge on any atom is -0.467 e. The van der Waals surface area contributed by atoms with E-state index in [9.17, 15) is 28.8 Å². The number of nitrogens with one attached hydrogen (secondary N) is 1. The van der Waals surface area contributed by atoms with Crippen LogP contribution < -0.4 is 5.32 Å². The van der Waals surface area contributed by atoms with Crippen LogP contribution in [0.5, 0.6) is 0 Å². The van der Waals surface area contributed by atoms with E-state index in [4.69, 9.17) is 28.4 Å². The molecule has 0 aromatic carbocycles. The zero-order chi connectivity index (χ0) is 40.6. The topological polar surface area (TPSA) is 170 Å². The summed E-state index contributed by atoms with van der Waals surface area (Å²) in [5, 5.41) is 3.03. The highest BCUT2D eigenvalue weighted by Gasteiger charge is 2.21. The SMILES string of the molecule is CCCCCCCCC(=O)OCC(COC=O)CC(=O)OCCNCCOC(=O)CC(COC(=O)CCCCCCCC)COC(=O)CCCCCCCC. The van der Waals surface area contributed by atoms with Gasteiger partial charge >= 0.3 is 29.8 Å². The van der Waals surface area contributed by atoms with Gasteiger partial charge in [0, 0.05) is 44.2 Å². The summed E-state index contributed by atoms with van der Waals surface area (Å²) in [7, 11) is 0. The van der Waals surface area contributed by atoms with E-state index in [1.807, 2.05) is 0 Å². The fourth-order valence-corrected chi connectivity index (χ4v) is 5.69. The molecule has 0 aromatic heterocycles. The third-order valence-electron chi connectivity index (χ3n) is 9.04. The standard InChI is InChI=1S/C42H75NO12/c1-4-7-10-13-16-19-22-38(45)53-32-36(31-50-35-44)29-41(48)51-27-25-43-26-28-52-42(49)30-37(33-54-39(46)23-20-17-14-11-8-5-2)34-55-40(47)24-21-18-15-12-9-6-3/h35-37,43H,4-34H2,1-3H3. The molecule has 13 nitrogen and oxygen atoms in total. The van der Waals surface area contributed by atoms with Crippen LogP contribution >= 0.6 is 0 Å². The predicted molar refractivity (Wildman–Crippen MR) is 210 cm³/mol. The Kier molecular flexibility index (Phi) is 36.7. The van der Waals surface area contributed by atoms with Crippen LogP contribution in [0.1, 0.15) is 168 Å². The van der Waals surface area contributed by atoms with Crippen molar-refractivity contribution in [2.45, 2.75) is 168 Å². The lowest BCUT2D eigenvalue weighted by Gasteiger charge is -2.17. The van der Waals surface area contributed by atoms with Crippen LogP contribution in [-0.2, 0) is 57.2 Å². The van der Waals surface area contributed by atoms with Crippen molar-refractivity contribution >= 4 is 36.3 Å². The van der Waals surface area contributed by atoms with E-state index < -0.39 is 23.8 Å². The fraction of sp³-hybridized carbons (Fsp3) is 0.857. The average Bonchev–Trinajstić information content (AvgIpc) is 3.17. The molecule has 55 heavy (non-hydrogen) atoms. The molecule has 0 aliphatic carbocycles. The Hall–Kier alpha value is -3.22. The third-order valence-corrected chi connectivity index (χ3v) is 9.04. The molecule has 0 saturated carbocycles. The van der Waals surface area contributed by atoms with Gasteiger partial charge in [0.05, 0.1) is 39.3 Å². The van der Waals surface area contributed by atoms with Crippen LogP contribution in [0.15, 0.2) is 0 Å². The summed E-state index contributed by atoms with van der Waals surface area (Å²) < 4.78 is 31.6. The van der Waals surface area contributed by atoms with Gasteiger partial charge in [-0.05, 0) is 19.3 Å². The Morgan fingerprint density at radius 3 is 1.11 bits per heavy atom. The Morgan fingerprint density at radius 1 is 0.436 bits per heavy atom. The molecule has 0 aliphatic rings. The highest BCUT2D eigenvalue weighted by atomic mass is 16.6. The lowest BCUT2D eigenvalue weighted by atomic mass is 10.1. The molecular formula is C42H75NO12. The zero-order valence-corrected chi connectivity index (χ0v) is 34.6. The minimum atomic E-state index is -0.522. The summed E-state index contributed by atoms with van der Waals surface area (Å²) in [4.78, 5) is 72.5. The van der Waals surface area contributed by atoms with Gasteiger partial charge in [0.15, 0.2) is 0 Å². The van der Waals surface area contributed by atoms with Gasteiger partial charge in [0.2, 0.25) is 0 Å². The molecule has 0 rings (SSSR count). The van der Waals surface area contributed by atoms with Gasteiger partial charge < -0.3 is 33.7 Å². The number of hydrogen-bond donors (Lipinski definition) is 1. The van der Waals surface area contributed by atoms with Gasteiger partial charge in [-0.2, -0.15) is 0 Å². The monoisotopic (exact) mass is 786 g/mol. The lowest BCUT2D eigenvalue weighted by molar-refractivity contribution is -0.154. The normalized spacial score (nSPS) is 11.5. The second kappa shape index (κ2) is 39.0. The molecule has 0 radical (unpaired) electrons. The molecule has 0 heterocycles. The minimum absolute atomic E-state index is 0.0402. The van der Waals surface area contributed by atoms with Crippen LogP contribution in [0, 0.1) is 11.8 Å². The highest BCUT2D eigenvalue weighted by Crippen LogP contribution is 2.13. The van der Waals surface area contributed by atoms with Crippen molar-refractivity contribution in [2.24, 2.45) is 11.8 Å². The first-order chi connectivity index (χ1) is 26.7. The maximum Gasteiger partial charge on any atom is 0.306 e. The molecule has 0 bridgehead atoms. The molecule has 0 saturated heterocycles. The van der Waals surface area contributed by atoms with Gasteiger partial charge in [0.25, 0.3) is 6.47 Å². The van der Waals surface area contributed by atoms with Crippen molar-refractivity contribution in [3.63, 3.8) is 0 Å². The summed E-state index contributed by atoms with van der Waals surface area (Å²) in [6, 6.07) is 0. The molecule has 320 valence electrons. The van der Waals surface area contributed by atoms with Crippen molar-refractivity contribution in [3.8, 4) is 0 Å². The first-order valence-electron chi connectivity index (χ1n) is 21.3. The number of rotatable bonds is 40. The average molecular weight is 786 g/mol. The van der Waals surface area contributed by atoms with Gasteiger partial charge in [-0.3, -0.25) is 28.8 Å². The van der Waals surface area contributed by atoms with Gasteiger partial charge in [-0.15, -0.1) is 0 Å². The highest BCUT2D eigenvalue weighted by molar-refractivity contribution is 5.72. The zero-order valence-electron chi connectivity index (χ0n) is 34.6. The number of hydrogen-bond acceptors (Lipinski definition) is 13. The van der Waals surface area contributed by atoms with Crippen molar-refractivity contribution < 1.29 is 57.2 Å². The van der Waals surface area contributed by atoms with Gasteiger partial charge in [-0.1, -0.05) is 117 Å². The third kappa shape index (κ3) is 36.2. The molecule has 1 atom stereocenters. The largest absolute Gasteiger partial charge is 0.467 e. The molecule has 0 fully saturated rings. The summed E-state index contributed by atoms with van der Waals surface area (Å²) in [6.45, 7) is 7.27. The van der Waals surface area contributed by atoms with E-state index >= 15 is 0 Å². The van der Waals surface area contributed by atoms with Crippen LogP contribution in [0.2, 0.25) is 0 Å². The van der Waals surface area contributed by atoms with E-state index in [-0.39, 0.29) is 76.9 Å². The number of carbonyl (C=O) groups is 6. The van der Waals surface area contributed by atoms with Crippen LogP contribution in [0.4, 0.5) is 0 Å². The second-order valence-corrected chi connectivity index (χ2v) is 14.4. The van der Waals surface area contributed by atoms with E-state index in [0.29, 0.717) is 32.4 Å². The van der Waals surface area contributed by atoms with Crippen LogP contribution in [-0.4, -0.2) is 89.0 Å². The number of esters is 5. The van der Waals surface area contributed by atoms with Crippen molar-refractivity contribution in [2.75, 3.05) is 52.7 Å². The summed E-state index contributed by atoms with van der Waals surface area (Å²) in [6.07, 6.45) is 19.7. The maximum absolute atomic E-state index is 12.6. The van der Waals surface area contributed by atoms with Crippen LogP contribution in [0.25, 0.3) is 0 Å². The molecule has 13 heteroatoms. The Morgan fingerprint density at radius 2 is 0.764 bits per heavy atom. The van der Waals surface area contributed by atoms with E-state index in [2.05, 4.69) is 26.1 Å². The summed E-state index contributed by atoms with van der Waals surface area (Å²) >= 11 is 0. The molecule has 0 aromatic rings. The second-order valence-electron chi connectivity index (χ2n) is 14.4. The molecule has 0 aliphatic heterocycles. The quantitative estimate of drug-likeness (QED) is 0.0277. The summed E-state index contributed by atoms with van der Waals surface area (Å²) in [5.74, 6) is -3.07. The Balaban J connectivity index is 4.50. The first-order valence-corrected chi connectivity index (χ1v) is 21.3.